The lowest BCUT2D eigenvalue weighted by Crippen LogP contribution is -2.20. The maximum Gasteiger partial charge on any atom is 0.274 e. The third kappa shape index (κ3) is 2.69. The minimum Gasteiger partial charge on any atom is -0.486 e. The number of carbonyl (C=O) groups is 1. The molecule has 0 saturated heterocycles. The largest absolute Gasteiger partial charge is 0.486 e. The summed E-state index contributed by atoms with van der Waals surface area (Å²) in [5.41, 5.74) is 0.444. The average Bonchev–Trinajstić information content (AvgIpc) is 2.54. The number of non-ortho nitro benzene ring substituents is 1. The van der Waals surface area contributed by atoms with Gasteiger partial charge >= 0.3 is 0 Å². The van der Waals surface area contributed by atoms with Gasteiger partial charge in [-0.3, -0.25) is 14.9 Å². The number of benzene rings is 2. The molecule has 0 bridgehead atoms. The number of ether oxygens (including phenoxy) is 2. The van der Waals surface area contributed by atoms with E-state index in [1.165, 1.54) is 12.1 Å². The average molecular weight is 300 g/mol. The summed E-state index contributed by atoms with van der Waals surface area (Å²) in [5, 5.41) is 13.7. The van der Waals surface area contributed by atoms with Crippen molar-refractivity contribution in [1.29, 1.82) is 0 Å². The minimum atomic E-state index is -0.572. The van der Waals surface area contributed by atoms with Gasteiger partial charge in [-0.2, -0.15) is 0 Å². The van der Waals surface area contributed by atoms with Gasteiger partial charge in [-0.05, 0) is 12.1 Å². The van der Waals surface area contributed by atoms with Crippen LogP contribution in [0.25, 0.3) is 0 Å². The van der Waals surface area contributed by atoms with Crippen molar-refractivity contribution in [1.82, 2.24) is 0 Å². The van der Waals surface area contributed by atoms with Crippen molar-refractivity contribution in [3.8, 4) is 11.5 Å². The molecule has 0 aromatic heterocycles. The van der Waals surface area contributed by atoms with Gasteiger partial charge in [-0.15, -0.1) is 0 Å². The van der Waals surface area contributed by atoms with Crippen LogP contribution in [0, 0.1) is 10.1 Å². The Hall–Kier alpha value is -3.09. The number of nitro groups is 1. The van der Waals surface area contributed by atoms with Crippen LogP contribution in [0.15, 0.2) is 42.5 Å². The third-order valence-corrected chi connectivity index (χ3v) is 3.11. The second kappa shape index (κ2) is 5.72. The fourth-order valence-electron chi connectivity index (χ4n) is 2.13. The zero-order valence-corrected chi connectivity index (χ0v) is 11.4. The number of rotatable bonds is 3. The molecule has 1 N–H and O–H groups in total. The molecule has 0 radical (unpaired) electrons. The molecular weight excluding hydrogens is 288 g/mol. The number of fused-ring (bicyclic) bond motifs is 1. The van der Waals surface area contributed by atoms with Crippen molar-refractivity contribution in [2.75, 3.05) is 18.5 Å². The minimum absolute atomic E-state index is 0.0766. The van der Waals surface area contributed by atoms with Crippen molar-refractivity contribution < 1.29 is 19.2 Å². The smallest absolute Gasteiger partial charge is 0.274 e. The van der Waals surface area contributed by atoms with E-state index in [0.29, 0.717) is 5.69 Å². The van der Waals surface area contributed by atoms with Gasteiger partial charge in [0.25, 0.3) is 11.6 Å². The highest BCUT2D eigenvalue weighted by atomic mass is 16.6. The molecule has 1 heterocycles. The topological polar surface area (TPSA) is 90.7 Å². The second-order valence-corrected chi connectivity index (χ2v) is 4.59. The molecule has 7 heteroatoms. The molecule has 0 saturated carbocycles. The number of carbonyl (C=O) groups excluding carboxylic acids is 1. The highest BCUT2D eigenvalue weighted by molar-refractivity contribution is 6.07. The lowest BCUT2D eigenvalue weighted by molar-refractivity contribution is -0.385. The van der Waals surface area contributed by atoms with Crippen LogP contribution in [-0.4, -0.2) is 24.0 Å². The predicted octanol–water partition coefficient (Wildman–Crippen LogP) is 2.62. The molecule has 0 aliphatic carbocycles. The number of para-hydroxylation sites is 1. The molecule has 112 valence electrons. The van der Waals surface area contributed by atoms with Gasteiger partial charge in [0.05, 0.1) is 16.6 Å². The lowest BCUT2D eigenvalue weighted by atomic mass is 10.1. The van der Waals surface area contributed by atoms with E-state index in [4.69, 9.17) is 9.47 Å². The van der Waals surface area contributed by atoms with Gasteiger partial charge < -0.3 is 14.8 Å². The fourth-order valence-corrected chi connectivity index (χ4v) is 2.13. The molecule has 0 fully saturated rings. The predicted molar refractivity (Wildman–Crippen MR) is 78.5 cm³/mol. The van der Waals surface area contributed by atoms with E-state index in [1.54, 1.807) is 24.3 Å². The molecule has 1 amide bonds. The number of hydrogen-bond donors (Lipinski definition) is 1. The zero-order chi connectivity index (χ0) is 15.5. The van der Waals surface area contributed by atoms with E-state index in [1.807, 2.05) is 6.07 Å². The molecule has 2 aromatic rings. The summed E-state index contributed by atoms with van der Waals surface area (Å²) in [7, 11) is 0. The van der Waals surface area contributed by atoms with Crippen molar-refractivity contribution in [2.24, 2.45) is 0 Å². The van der Waals surface area contributed by atoms with E-state index in [0.717, 1.165) is 0 Å². The summed E-state index contributed by atoms with van der Waals surface area (Å²) in [5.74, 6) is -0.0550. The van der Waals surface area contributed by atoms with Gasteiger partial charge in [0.15, 0.2) is 11.5 Å². The van der Waals surface area contributed by atoms with Crippen LogP contribution in [0.1, 0.15) is 10.4 Å². The van der Waals surface area contributed by atoms with Gasteiger partial charge in [0.2, 0.25) is 0 Å². The van der Waals surface area contributed by atoms with Gasteiger partial charge in [0.1, 0.15) is 13.2 Å². The Balaban J connectivity index is 1.99. The number of nitro benzene ring substituents is 1. The highest BCUT2D eigenvalue weighted by Gasteiger charge is 2.25. The molecular formula is C15H12N2O5. The van der Waals surface area contributed by atoms with Crippen LogP contribution in [0.3, 0.4) is 0 Å². The summed E-state index contributed by atoms with van der Waals surface area (Å²) in [4.78, 5) is 22.8. The Kier molecular flexibility index (Phi) is 3.61. The Morgan fingerprint density at radius 3 is 2.59 bits per heavy atom. The number of nitrogens with one attached hydrogen (secondary N) is 1. The van der Waals surface area contributed by atoms with Crippen molar-refractivity contribution in [3.63, 3.8) is 0 Å². The Bertz CT molecular complexity index is 730. The maximum atomic E-state index is 12.4. The van der Waals surface area contributed by atoms with Crippen molar-refractivity contribution in [2.45, 2.75) is 0 Å². The fraction of sp³-hybridized carbons (Fsp3) is 0.133. The van der Waals surface area contributed by atoms with Crippen LogP contribution in [0.2, 0.25) is 0 Å². The van der Waals surface area contributed by atoms with Crippen molar-refractivity contribution >= 4 is 17.3 Å². The van der Waals surface area contributed by atoms with Crippen LogP contribution in [-0.2, 0) is 0 Å². The van der Waals surface area contributed by atoms with E-state index < -0.39 is 10.8 Å². The van der Waals surface area contributed by atoms with Crippen LogP contribution < -0.4 is 14.8 Å². The van der Waals surface area contributed by atoms with Crippen LogP contribution >= 0.6 is 0 Å². The van der Waals surface area contributed by atoms with E-state index >= 15 is 0 Å². The summed E-state index contributed by atoms with van der Waals surface area (Å²) >= 11 is 0. The Morgan fingerprint density at radius 1 is 1.14 bits per heavy atom. The maximum absolute atomic E-state index is 12.4. The first-order valence-corrected chi connectivity index (χ1v) is 6.59. The quantitative estimate of drug-likeness (QED) is 0.695. The summed E-state index contributed by atoms with van der Waals surface area (Å²) in [6.45, 7) is 0.574. The van der Waals surface area contributed by atoms with Gasteiger partial charge in [0, 0.05) is 11.8 Å². The zero-order valence-electron chi connectivity index (χ0n) is 11.4. The molecule has 3 rings (SSSR count). The number of anilines is 1. The lowest BCUT2D eigenvalue weighted by Gasteiger charge is -2.20. The molecule has 22 heavy (non-hydrogen) atoms. The first kappa shape index (κ1) is 13.9. The van der Waals surface area contributed by atoms with E-state index in [-0.39, 0.29) is 36.0 Å². The van der Waals surface area contributed by atoms with E-state index in [2.05, 4.69) is 5.32 Å². The third-order valence-electron chi connectivity index (χ3n) is 3.11. The van der Waals surface area contributed by atoms with Crippen molar-refractivity contribution in [3.05, 3.63) is 58.1 Å². The highest BCUT2D eigenvalue weighted by Crippen LogP contribution is 2.38. The SMILES string of the molecule is O=C(Nc1ccccc1)c1cc([N+](=O)[O-])cc2c1OCCO2. The Morgan fingerprint density at radius 2 is 1.86 bits per heavy atom. The Labute approximate surface area is 125 Å². The summed E-state index contributed by atoms with van der Waals surface area (Å²) in [6.07, 6.45) is 0. The standard InChI is InChI=1S/C15H12N2O5/c18-15(16-10-4-2-1-3-5-10)12-8-11(17(19)20)9-13-14(12)22-7-6-21-13/h1-5,8-9H,6-7H2,(H,16,18). The normalized spacial score (nSPS) is 12.5. The first-order valence-electron chi connectivity index (χ1n) is 6.59. The summed E-state index contributed by atoms with van der Waals surface area (Å²) < 4.78 is 10.8. The summed E-state index contributed by atoms with van der Waals surface area (Å²) in [6, 6.07) is 11.3. The molecule has 1 aliphatic rings. The molecule has 1 aliphatic heterocycles. The number of nitrogens with zero attached hydrogens (tertiary/aromatic N) is 1. The molecule has 0 atom stereocenters. The molecule has 7 nitrogen and oxygen atoms in total. The van der Waals surface area contributed by atoms with Gasteiger partial charge in [-0.25, -0.2) is 0 Å². The first-order chi connectivity index (χ1) is 10.6. The molecule has 2 aromatic carbocycles. The van der Waals surface area contributed by atoms with E-state index in [9.17, 15) is 14.9 Å². The van der Waals surface area contributed by atoms with Gasteiger partial charge in [-0.1, -0.05) is 18.2 Å². The van der Waals surface area contributed by atoms with Crippen LogP contribution in [0.5, 0.6) is 11.5 Å². The van der Waals surface area contributed by atoms with Crippen LogP contribution in [0.4, 0.5) is 11.4 Å². The number of hydrogen-bond acceptors (Lipinski definition) is 5. The monoisotopic (exact) mass is 300 g/mol. The molecule has 0 spiro atoms. The number of amides is 1. The molecule has 0 unspecified atom stereocenters. The second-order valence-electron chi connectivity index (χ2n) is 4.59.